The summed E-state index contributed by atoms with van der Waals surface area (Å²) < 4.78 is 13.4. The number of hydrogen-bond donors (Lipinski definition) is 0. The van der Waals surface area contributed by atoms with E-state index in [1.807, 2.05) is 22.4 Å². The van der Waals surface area contributed by atoms with Crippen LogP contribution < -0.4 is 0 Å². The molecule has 2 aliphatic heterocycles. The van der Waals surface area contributed by atoms with Crippen LogP contribution in [0.15, 0.2) is 36.8 Å². The molecular weight excluding hydrogens is 396 g/mol. The van der Waals surface area contributed by atoms with Gasteiger partial charge in [-0.3, -0.25) is 14.7 Å². The number of carbonyl (C=O) groups excluding carboxylic acids is 1. The number of morpholine rings is 2. The van der Waals surface area contributed by atoms with Crippen LogP contribution in [0.1, 0.15) is 33.4 Å². The zero-order valence-corrected chi connectivity index (χ0v) is 17.6. The summed E-state index contributed by atoms with van der Waals surface area (Å²) in [6.07, 6.45) is 4.81. The highest BCUT2D eigenvalue weighted by Crippen LogP contribution is 2.26. The van der Waals surface area contributed by atoms with E-state index in [1.165, 1.54) is 0 Å². The van der Waals surface area contributed by atoms with Gasteiger partial charge in [0.15, 0.2) is 5.65 Å². The summed E-state index contributed by atoms with van der Waals surface area (Å²) in [4.78, 5) is 25.8. The second kappa shape index (κ2) is 8.70. The van der Waals surface area contributed by atoms with Crippen LogP contribution in [0.2, 0.25) is 0 Å². The highest BCUT2D eigenvalue weighted by atomic mass is 16.5. The van der Waals surface area contributed by atoms with E-state index >= 15 is 0 Å². The van der Waals surface area contributed by atoms with Gasteiger partial charge in [0.25, 0.3) is 5.91 Å². The average molecular weight is 422 g/mol. The van der Waals surface area contributed by atoms with Crippen molar-refractivity contribution in [2.45, 2.75) is 19.6 Å². The number of carbonyl (C=O) groups is 1. The van der Waals surface area contributed by atoms with Gasteiger partial charge in [-0.2, -0.15) is 5.10 Å². The summed E-state index contributed by atoms with van der Waals surface area (Å²) in [6, 6.07) is 5.50. The van der Waals surface area contributed by atoms with Crippen molar-refractivity contribution in [2.75, 3.05) is 46.0 Å². The van der Waals surface area contributed by atoms with Gasteiger partial charge in [0.05, 0.1) is 43.3 Å². The highest BCUT2D eigenvalue weighted by molar-refractivity contribution is 5.93. The molecule has 162 valence electrons. The van der Waals surface area contributed by atoms with E-state index in [1.54, 1.807) is 30.7 Å². The Morgan fingerprint density at radius 2 is 2.03 bits per heavy atom. The molecule has 2 fully saturated rings. The molecule has 3 aromatic heterocycles. The monoisotopic (exact) mass is 422 g/mol. The first kappa shape index (κ1) is 20.0. The first-order chi connectivity index (χ1) is 15.2. The normalized spacial score (nSPS) is 20.3. The molecule has 0 unspecified atom stereocenters. The van der Waals surface area contributed by atoms with E-state index in [-0.39, 0.29) is 12.0 Å². The smallest absolute Gasteiger partial charge is 0.255 e. The summed E-state index contributed by atoms with van der Waals surface area (Å²) in [6.45, 7) is 7.65. The molecule has 1 atom stereocenters. The Balaban J connectivity index is 1.40. The maximum Gasteiger partial charge on any atom is 0.255 e. The van der Waals surface area contributed by atoms with E-state index in [0.29, 0.717) is 25.3 Å². The van der Waals surface area contributed by atoms with Crippen LogP contribution in [0, 0.1) is 6.92 Å². The summed E-state index contributed by atoms with van der Waals surface area (Å²) in [5, 5.41) is 4.78. The standard InChI is InChI=1S/C22H26N6O3/c1-16-18(14-26-7-10-30-11-8-26)21-24-6-4-19(28(21)25-16)20-15-27(9-12-31-20)22(29)17-3-2-5-23-13-17/h2-6,13,20H,7-12,14-15H2,1H3/t20-/m0/s1. The van der Waals surface area contributed by atoms with Gasteiger partial charge < -0.3 is 14.4 Å². The molecule has 0 N–H and O–H groups in total. The van der Waals surface area contributed by atoms with Crippen molar-refractivity contribution in [2.24, 2.45) is 0 Å². The van der Waals surface area contributed by atoms with Gasteiger partial charge in [0, 0.05) is 50.3 Å². The SMILES string of the molecule is Cc1nn2c([C@@H]3CN(C(=O)c4cccnc4)CCO3)ccnc2c1CN1CCOCC1. The number of pyridine rings is 1. The van der Waals surface area contributed by atoms with Gasteiger partial charge in [-0.25, -0.2) is 9.50 Å². The lowest BCUT2D eigenvalue weighted by molar-refractivity contribution is -0.0257. The van der Waals surface area contributed by atoms with E-state index in [4.69, 9.17) is 14.6 Å². The number of ether oxygens (including phenoxy) is 2. The number of hydrogen-bond acceptors (Lipinski definition) is 7. The first-order valence-electron chi connectivity index (χ1n) is 10.6. The fourth-order valence-electron chi connectivity index (χ4n) is 4.21. The lowest BCUT2D eigenvalue weighted by Gasteiger charge is -2.33. The predicted octanol–water partition coefficient (Wildman–Crippen LogP) is 1.48. The zero-order valence-electron chi connectivity index (χ0n) is 17.6. The zero-order chi connectivity index (χ0) is 21.2. The van der Waals surface area contributed by atoms with Crippen LogP contribution in [-0.4, -0.2) is 81.3 Å². The maximum atomic E-state index is 12.9. The van der Waals surface area contributed by atoms with Crippen molar-refractivity contribution < 1.29 is 14.3 Å². The number of nitrogens with zero attached hydrogens (tertiary/aromatic N) is 6. The van der Waals surface area contributed by atoms with Crippen molar-refractivity contribution >= 4 is 11.6 Å². The van der Waals surface area contributed by atoms with Crippen LogP contribution in [0.4, 0.5) is 0 Å². The Morgan fingerprint density at radius 3 is 2.84 bits per heavy atom. The second-order valence-corrected chi connectivity index (χ2v) is 7.91. The van der Waals surface area contributed by atoms with Gasteiger partial charge in [-0.15, -0.1) is 0 Å². The van der Waals surface area contributed by atoms with E-state index in [2.05, 4.69) is 14.9 Å². The molecule has 0 bridgehead atoms. The lowest BCUT2D eigenvalue weighted by Crippen LogP contribution is -2.42. The molecule has 0 saturated carbocycles. The van der Waals surface area contributed by atoms with Crippen LogP contribution in [0.5, 0.6) is 0 Å². The quantitative estimate of drug-likeness (QED) is 0.630. The first-order valence-corrected chi connectivity index (χ1v) is 10.6. The predicted molar refractivity (Wildman–Crippen MR) is 113 cm³/mol. The molecule has 5 heterocycles. The number of rotatable bonds is 4. The van der Waals surface area contributed by atoms with Gasteiger partial charge in [0.2, 0.25) is 0 Å². The van der Waals surface area contributed by atoms with E-state index < -0.39 is 0 Å². The Morgan fingerprint density at radius 1 is 1.16 bits per heavy atom. The van der Waals surface area contributed by atoms with Gasteiger partial charge in [-0.05, 0) is 25.1 Å². The number of aryl methyl sites for hydroxylation is 1. The topological polar surface area (TPSA) is 85.1 Å². The highest BCUT2D eigenvalue weighted by Gasteiger charge is 2.29. The Kier molecular flexibility index (Phi) is 5.63. The van der Waals surface area contributed by atoms with Crippen molar-refractivity contribution in [3.05, 3.63) is 59.3 Å². The third-order valence-corrected chi connectivity index (χ3v) is 5.92. The third kappa shape index (κ3) is 4.04. The minimum atomic E-state index is -0.268. The Hall–Kier alpha value is -2.88. The van der Waals surface area contributed by atoms with Gasteiger partial charge in [0.1, 0.15) is 6.10 Å². The second-order valence-electron chi connectivity index (χ2n) is 7.91. The molecule has 2 aliphatic rings. The lowest BCUT2D eigenvalue weighted by atomic mass is 10.1. The largest absolute Gasteiger partial charge is 0.379 e. The Labute approximate surface area is 180 Å². The molecule has 0 aromatic carbocycles. The van der Waals surface area contributed by atoms with E-state index in [9.17, 15) is 4.79 Å². The minimum absolute atomic E-state index is 0.0312. The van der Waals surface area contributed by atoms with Crippen molar-refractivity contribution in [3.63, 3.8) is 0 Å². The molecule has 9 heteroatoms. The maximum absolute atomic E-state index is 12.9. The Bertz CT molecular complexity index is 1060. The molecule has 3 aromatic rings. The summed E-state index contributed by atoms with van der Waals surface area (Å²) >= 11 is 0. The molecular formula is C22H26N6O3. The van der Waals surface area contributed by atoms with E-state index in [0.717, 1.165) is 55.4 Å². The summed E-state index contributed by atoms with van der Waals surface area (Å²) in [7, 11) is 0. The van der Waals surface area contributed by atoms with Crippen molar-refractivity contribution in [3.8, 4) is 0 Å². The van der Waals surface area contributed by atoms with Gasteiger partial charge >= 0.3 is 0 Å². The summed E-state index contributed by atoms with van der Waals surface area (Å²) in [5.74, 6) is -0.0312. The third-order valence-electron chi connectivity index (χ3n) is 5.92. The molecule has 9 nitrogen and oxygen atoms in total. The average Bonchev–Trinajstić information content (AvgIpc) is 3.15. The van der Waals surface area contributed by atoms with Crippen LogP contribution in [-0.2, 0) is 16.0 Å². The number of aromatic nitrogens is 4. The van der Waals surface area contributed by atoms with Crippen molar-refractivity contribution in [1.29, 1.82) is 0 Å². The molecule has 0 aliphatic carbocycles. The fraction of sp³-hybridized carbons (Fsp3) is 0.455. The van der Waals surface area contributed by atoms with Crippen LogP contribution >= 0.6 is 0 Å². The molecule has 0 spiro atoms. The van der Waals surface area contributed by atoms with Crippen LogP contribution in [0.25, 0.3) is 5.65 Å². The molecule has 0 radical (unpaired) electrons. The molecule has 1 amide bonds. The summed E-state index contributed by atoms with van der Waals surface area (Å²) in [5.41, 5.74) is 4.44. The van der Waals surface area contributed by atoms with Gasteiger partial charge in [-0.1, -0.05) is 0 Å². The molecule has 5 rings (SSSR count). The molecule has 2 saturated heterocycles. The molecule has 31 heavy (non-hydrogen) atoms. The minimum Gasteiger partial charge on any atom is -0.379 e. The van der Waals surface area contributed by atoms with Crippen LogP contribution in [0.3, 0.4) is 0 Å². The van der Waals surface area contributed by atoms with Crippen molar-refractivity contribution in [1.82, 2.24) is 29.4 Å². The number of amides is 1. The fourth-order valence-corrected chi connectivity index (χ4v) is 4.21. The number of fused-ring (bicyclic) bond motifs is 1.